The second kappa shape index (κ2) is 4.73. The van der Waals surface area contributed by atoms with E-state index in [1.165, 1.54) is 11.3 Å². The van der Waals surface area contributed by atoms with E-state index < -0.39 is 0 Å². The number of aromatic nitrogens is 4. The smallest absolute Gasteiger partial charge is 0.263 e. The average molecular weight is 277 g/mol. The van der Waals surface area contributed by atoms with Crippen molar-refractivity contribution in [1.82, 2.24) is 25.1 Å². The summed E-state index contributed by atoms with van der Waals surface area (Å²) < 4.78 is 2.10. The van der Waals surface area contributed by atoms with Gasteiger partial charge in [-0.2, -0.15) is 0 Å². The molecule has 100 valence electrons. The van der Waals surface area contributed by atoms with Crippen molar-refractivity contribution < 1.29 is 4.79 Å². The molecule has 0 fully saturated rings. The van der Waals surface area contributed by atoms with E-state index in [-0.39, 0.29) is 11.9 Å². The summed E-state index contributed by atoms with van der Waals surface area (Å²) in [5, 5.41) is 11.3. The van der Waals surface area contributed by atoms with Crippen LogP contribution in [-0.4, -0.2) is 25.7 Å². The molecule has 0 bridgehead atoms. The SMILES string of the molecule is Cc1ncsc1C(=O)N[C@H](C)c1nnc2n1CCC2. The number of rotatable bonds is 3. The van der Waals surface area contributed by atoms with Gasteiger partial charge in [0, 0.05) is 13.0 Å². The Morgan fingerprint density at radius 1 is 1.53 bits per heavy atom. The quantitative estimate of drug-likeness (QED) is 0.922. The van der Waals surface area contributed by atoms with Crippen molar-refractivity contribution in [2.75, 3.05) is 0 Å². The minimum absolute atomic E-state index is 0.0946. The summed E-state index contributed by atoms with van der Waals surface area (Å²) in [4.78, 5) is 16.9. The van der Waals surface area contributed by atoms with Crippen LogP contribution in [0.5, 0.6) is 0 Å². The molecule has 0 saturated carbocycles. The van der Waals surface area contributed by atoms with Gasteiger partial charge in [0.2, 0.25) is 0 Å². The molecule has 2 aromatic heterocycles. The first-order valence-corrected chi connectivity index (χ1v) is 7.17. The lowest BCUT2D eigenvalue weighted by Crippen LogP contribution is -2.28. The van der Waals surface area contributed by atoms with Gasteiger partial charge in [-0.05, 0) is 20.3 Å². The van der Waals surface area contributed by atoms with E-state index in [2.05, 4.69) is 25.1 Å². The van der Waals surface area contributed by atoms with Crippen LogP contribution < -0.4 is 5.32 Å². The second-order valence-electron chi connectivity index (χ2n) is 4.69. The third-order valence-corrected chi connectivity index (χ3v) is 4.25. The van der Waals surface area contributed by atoms with E-state index in [4.69, 9.17) is 0 Å². The summed E-state index contributed by atoms with van der Waals surface area (Å²) in [6.07, 6.45) is 2.08. The van der Waals surface area contributed by atoms with Crippen molar-refractivity contribution in [2.24, 2.45) is 0 Å². The van der Waals surface area contributed by atoms with Gasteiger partial charge in [0.15, 0.2) is 5.82 Å². The first-order valence-electron chi connectivity index (χ1n) is 6.29. The van der Waals surface area contributed by atoms with Crippen LogP contribution in [0.15, 0.2) is 5.51 Å². The molecule has 3 heterocycles. The number of nitrogens with one attached hydrogen (secondary N) is 1. The van der Waals surface area contributed by atoms with Crippen LogP contribution in [0, 0.1) is 6.92 Å². The van der Waals surface area contributed by atoms with Gasteiger partial charge in [-0.15, -0.1) is 21.5 Å². The third kappa shape index (κ3) is 2.14. The van der Waals surface area contributed by atoms with E-state index in [0.29, 0.717) is 4.88 Å². The van der Waals surface area contributed by atoms with Gasteiger partial charge in [0.05, 0.1) is 17.2 Å². The van der Waals surface area contributed by atoms with Crippen molar-refractivity contribution in [3.8, 4) is 0 Å². The predicted molar refractivity (Wildman–Crippen MR) is 71.1 cm³/mol. The van der Waals surface area contributed by atoms with E-state index in [0.717, 1.165) is 36.7 Å². The fourth-order valence-electron chi connectivity index (χ4n) is 2.34. The van der Waals surface area contributed by atoms with Gasteiger partial charge in [-0.3, -0.25) is 4.79 Å². The third-order valence-electron chi connectivity index (χ3n) is 3.32. The highest BCUT2D eigenvalue weighted by molar-refractivity contribution is 7.11. The maximum atomic E-state index is 12.1. The van der Waals surface area contributed by atoms with Gasteiger partial charge in [-0.1, -0.05) is 0 Å². The molecule has 1 aliphatic heterocycles. The molecular formula is C12H15N5OS. The summed E-state index contributed by atoms with van der Waals surface area (Å²) in [5.41, 5.74) is 2.45. The molecule has 0 radical (unpaired) electrons. The van der Waals surface area contributed by atoms with Crippen LogP contribution in [0.4, 0.5) is 0 Å². The van der Waals surface area contributed by atoms with Crippen LogP contribution in [0.3, 0.4) is 0 Å². The largest absolute Gasteiger partial charge is 0.342 e. The van der Waals surface area contributed by atoms with E-state index in [9.17, 15) is 4.79 Å². The molecule has 1 aliphatic rings. The zero-order valence-electron chi connectivity index (χ0n) is 10.9. The van der Waals surface area contributed by atoms with Gasteiger partial charge in [0.1, 0.15) is 10.7 Å². The van der Waals surface area contributed by atoms with Gasteiger partial charge in [-0.25, -0.2) is 4.98 Å². The number of carbonyl (C=O) groups excluding carboxylic acids is 1. The maximum absolute atomic E-state index is 12.1. The van der Waals surface area contributed by atoms with Crippen molar-refractivity contribution in [2.45, 2.75) is 39.3 Å². The Balaban J connectivity index is 1.76. The lowest BCUT2D eigenvalue weighted by atomic mass is 10.3. The van der Waals surface area contributed by atoms with E-state index >= 15 is 0 Å². The topological polar surface area (TPSA) is 72.7 Å². The first kappa shape index (κ1) is 12.3. The lowest BCUT2D eigenvalue weighted by molar-refractivity contribution is 0.0941. The molecule has 6 nitrogen and oxygen atoms in total. The molecule has 0 aromatic carbocycles. The van der Waals surface area contributed by atoms with Crippen LogP contribution in [0.2, 0.25) is 0 Å². The molecule has 0 saturated heterocycles. The molecule has 0 spiro atoms. The van der Waals surface area contributed by atoms with Gasteiger partial charge < -0.3 is 9.88 Å². The molecule has 1 N–H and O–H groups in total. The van der Waals surface area contributed by atoms with Crippen LogP contribution in [0.25, 0.3) is 0 Å². The Morgan fingerprint density at radius 2 is 2.37 bits per heavy atom. The molecule has 0 aliphatic carbocycles. The Bertz CT molecular complexity index is 617. The lowest BCUT2D eigenvalue weighted by Gasteiger charge is -2.13. The summed E-state index contributed by atoms with van der Waals surface area (Å²) in [6.45, 7) is 4.71. The second-order valence-corrected chi connectivity index (χ2v) is 5.55. The molecule has 19 heavy (non-hydrogen) atoms. The molecule has 0 unspecified atom stereocenters. The average Bonchev–Trinajstić information content (AvgIpc) is 3.02. The fraction of sp³-hybridized carbons (Fsp3) is 0.500. The minimum atomic E-state index is -0.145. The van der Waals surface area contributed by atoms with Gasteiger partial charge in [0.25, 0.3) is 5.91 Å². The Kier molecular flexibility index (Phi) is 3.06. The molecule has 7 heteroatoms. The number of carbonyl (C=O) groups is 1. The highest BCUT2D eigenvalue weighted by Gasteiger charge is 2.23. The maximum Gasteiger partial charge on any atom is 0.263 e. The molecule has 3 rings (SSSR count). The predicted octanol–water partition coefficient (Wildman–Crippen LogP) is 1.48. The van der Waals surface area contributed by atoms with Crippen molar-refractivity contribution in [3.63, 3.8) is 0 Å². The van der Waals surface area contributed by atoms with Crippen molar-refractivity contribution in [1.29, 1.82) is 0 Å². The number of fused-ring (bicyclic) bond motifs is 1. The van der Waals surface area contributed by atoms with Crippen LogP contribution in [0.1, 0.15) is 46.4 Å². The Labute approximate surface area is 114 Å². The number of nitrogens with zero attached hydrogens (tertiary/aromatic N) is 4. The zero-order chi connectivity index (χ0) is 13.4. The highest BCUT2D eigenvalue weighted by atomic mass is 32.1. The van der Waals surface area contributed by atoms with E-state index in [1.807, 2.05) is 13.8 Å². The molecule has 1 atom stereocenters. The monoisotopic (exact) mass is 277 g/mol. The molecule has 2 aromatic rings. The van der Waals surface area contributed by atoms with E-state index in [1.54, 1.807) is 5.51 Å². The van der Waals surface area contributed by atoms with Crippen molar-refractivity contribution in [3.05, 3.63) is 27.7 Å². The summed E-state index contributed by atoms with van der Waals surface area (Å²) in [7, 11) is 0. The standard InChI is InChI=1S/C12H15N5OS/c1-7-10(19-6-13-7)12(18)14-8(2)11-16-15-9-4-3-5-17(9)11/h6,8H,3-5H2,1-2H3,(H,14,18)/t8-/m1/s1. The van der Waals surface area contributed by atoms with Gasteiger partial charge >= 0.3 is 0 Å². The molecular weight excluding hydrogens is 262 g/mol. The normalized spacial score (nSPS) is 15.3. The summed E-state index contributed by atoms with van der Waals surface area (Å²) in [5.74, 6) is 1.76. The van der Waals surface area contributed by atoms with Crippen molar-refractivity contribution >= 4 is 17.2 Å². The number of hydrogen-bond acceptors (Lipinski definition) is 5. The van der Waals surface area contributed by atoms with Crippen LogP contribution in [-0.2, 0) is 13.0 Å². The summed E-state index contributed by atoms with van der Waals surface area (Å²) >= 11 is 1.36. The minimum Gasteiger partial charge on any atom is -0.342 e. The number of amides is 1. The van der Waals surface area contributed by atoms with Crippen LogP contribution >= 0.6 is 11.3 Å². The zero-order valence-corrected chi connectivity index (χ0v) is 11.7. The Morgan fingerprint density at radius 3 is 3.11 bits per heavy atom. The highest BCUT2D eigenvalue weighted by Crippen LogP contribution is 2.20. The number of thiazole rings is 1. The number of aryl methyl sites for hydroxylation is 2. The Hall–Kier alpha value is -1.76. The number of hydrogen-bond donors (Lipinski definition) is 1. The molecule has 1 amide bonds. The summed E-state index contributed by atoms with van der Waals surface area (Å²) in [6, 6.07) is -0.145. The first-order chi connectivity index (χ1) is 9.16. The fourth-order valence-corrected chi connectivity index (χ4v) is 3.05.